The average Bonchev–Trinajstić information content (AvgIpc) is 3.34. The molecule has 1 N–H and O–H groups in total. The summed E-state index contributed by atoms with van der Waals surface area (Å²) < 4.78 is 10.6. The van der Waals surface area contributed by atoms with Gasteiger partial charge in [0.25, 0.3) is 5.91 Å². The van der Waals surface area contributed by atoms with E-state index >= 15 is 0 Å². The van der Waals surface area contributed by atoms with Crippen molar-refractivity contribution in [2.75, 3.05) is 13.7 Å². The fourth-order valence-electron chi connectivity index (χ4n) is 5.07. The number of fused-ring (bicyclic) bond motifs is 3. The van der Waals surface area contributed by atoms with E-state index in [0.29, 0.717) is 17.2 Å². The van der Waals surface area contributed by atoms with Gasteiger partial charge in [0.15, 0.2) is 6.61 Å². The maximum absolute atomic E-state index is 12.5. The van der Waals surface area contributed by atoms with Crippen LogP contribution < -0.4 is 10.1 Å². The van der Waals surface area contributed by atoms with Crippen molar-refractivity contribution >= 4 is 22.6 Å². The molecule has 0 radical (unpaired) electrons. The van der Waals surface area contributed by atoms with Gasteiger partial charge < -0.3 is 14.8 Å². The smallest absolute Gasteiger partial charge is 0.342 e. The SMILES string of the molecule is COc1cc2ccccc2cc1C(=O)OCC(=O)N[C@@H](C)[C@@H]1C[C@H]2CC[C@H]1C2. The monoisotopic (exact) mass is 381 g/mol. The van der Waals surface area contributed by atoms with Gasteiger partial charge in [-0.2, -0.15) is 0 Å². The molecule has 2 aromatic carbocycles. The van der Waals surface area contributed by atoms with Crippen molar-refractivity contribution < 1.29 is 19.1 Å². The lowest BCUT2D eigenvalue weighted by molar-refractivity contribution is -0.125. The Balaban J connectivity index is 1.36. The summed E-state index contributed by atoms with van der Waals surface area (Å²) in [7, 11) is 1.52. The Hall–Kier alpha value is -2.56. The zero-order chi connectivity index (χ0) is 19.7. The molecule has 2 aromatic rings. The Morgan fingerprint density at radius 1 is 1.14 bits per heavy atom. The highest BCUT2D eigenvalue weighted by Crippen LogP contribution is 2.49. The summed E-state index contributed by atoms with van der Waals surface area (Å²) in [4.78, 5) is 24.8. The number of esters is 1. The van der Waals surface area contributed by atoms with Crippen LogP contribution in [0, 0.1) is 17.8 Å². The van der Waals surface area contributed by atoms with Crippen LogP contribution >= 0.6 is 0 Å². The second-order valence-corrected chi connectivity index (χ2v) is 8.17. The van der Waals surface area contributed by atoms with E-state index in [1.807, 2.05) is 30.3 Å². The van der Waals surface area contributed by atoms with Crippen LogP contribution in [-0.4, -0.2) is 31.6 Å². The van der Waals surface area contributed by atoms with E-state index in [1.54, 1.807) is 6.07 Å². The van der Waals surface area contributed by atoms with Crippen LogP contribution in [0.5, 0.6) is 5.75 Å². The molecular formula is C23H27NO4. The molecule has 5 nitrogen and oxygen atoms in total. The van der Waals surface area contributed by atoms with Crippen molar-refractivity contribution in [3.05, 3.63) is 42.0 Å². The summed E-state index contributed by atoms with van der Waals surface area (Å²) in [6.45, 7) is 1.79. The fourth-order valence-corrected chi connectivity index (χ4v) is 5.07. The lowest BCUT2D eigenvalue weighted by atomic mass is 9.84. The first-order valence-corrected chi connectivity index (χ1v) is 10.1. The summed E-state index contributed by atoms with van der Waals surface area (Å²) in [6, 6.07) is 11.4. The van der Waals surface area contributed by atoms with Crippen LogP contribution in [0.25, 0.3) is 10.8 Å². The maximum atomic E-state index is 12.5. The molecule has 0 aliphatic heterocycles. The van der Waals surface area contributed by atoms with E-state index in [9.17, 15) is 9.59 Å². The van der Waals surface area contributed by atoms with Crippen LogP contribution in [0.15, 0.2) is 36.4 Å². The van der Waals surface area contributed by atoms with Gasteiger partial charge in [0.05, 0.1) is 7.11 Å². The molecule has 4 atom stereocenters. The first kappa shape index (κ1) is 18.8. The first-order chi connectivity index (χ1) is 13.5. The van der Waals surface area contributed by atoms with E-state index in [2.05, 4.69) is 12.2 Å². The van der Waals surface area contributed by atoms with Gasteiger partial charge in [-0.25, -0.2) is 4.79 Å². The Bertz CT molecular complexity index is 893. The van der Waals surface area contributed by atoms with E-state index in [-0.39, 0.29) is 18.6 Å². The molecule has 0 spiro atoms. The Morgan fingerprint density at radius 3 is 2.54 bits per heavy atom. The van der Waals surface area contributed by atoms with E-state index in [0.717, 1.165) is 22.6 Å². The molecule has 28 heavy (non-hydrogen) atoms. The first-order valence-electron chi connectivity index (χ1n) is 10.1. The number of ether oxygens (including phenoxy) is 2. The summed E-state index contributed by atoms with van der Waals surface area (Å²) in [5, 5.41) is 4.93. The number of rotatable bonds is 6. The van der Waals surface area contributed by atoms with Crippen LogP contribution in [0.1, 0.15) is 43.0 Å². The van der Waals surface area contributed by atoms with Crippen molar-refractivity contribution in [2.45, 2.75) is 38.6 Å². The summed E-state index contributed by atoms with van der Waals surface area (Å²) >= 11 is 0. The highest BCUT2D eigenvalue weighted by molar-refractivity contribution is 5.99. The molecule has 2 aliphatic rings. The molecule has 1 amide bonds. The van der Waals surface area contributed by atoms with Crippen molar-refractivity contribution in [3.63, 3.8) is 0 Å². The summed E-state index contributed by atoms with van der Waals surface area (Å²) in [5.41, 5.74) is 0.329. The Kier molecular flexibility index (Phi) is 5.25. The van der Waals surface area contributed by atoms with Gasteiger partial charge in [-0.15, -0.1) is 0 Å². The molecule has 0 heterocycles. The predicted molar refractivity (Wildman–Crippen MR) is 107 cm³/mol. The molecule has 148 valence electrons. The van der Waals surface area contributed by atoms with Gasteiger partial charge in [0.2, 0.25) is 0 Å². The summed E-state index contributed by atoms with van der Waals surface area (Å²) in [6.07, 6.45) is 5.14. The third-order valence-corrected chi connectivity index (χ3v) is 6.45. The van der Waals surface area contributed by atoms with Gasteiger partial charge in [0, 0.05) is 6.04 Å². The zero-order valence-electron chi connectivity index (χ0n) is 16.4. The topological polar surface area (TPSA) is 64.6 Å². The number of hydrogen-bond donors (Lipinski definition) is 1. The van der Waals surface area contributed by atoms with Crippen molar-refractivity contribution in [1.82, 2.24) is 5.32 Å². The van der Waals surface area contributed by atoms with Crippen LogP contribution in [0.2, 0.25) is 0 Å². The van der Waals surface area contributed by atoms with Gasteiger partial charge in [-0.05, 0) is 66.8 Å². The number of hydrogen-bond acceptors (Lipinski definition) is 4. The van der Waals surface area contributed by atoms with Gasteiger partial charge >= 0.3 is 5.97 Å². The largest absolute Gasteiger partial charge is 0.496 e. The van der Waals surface area contributed by atoms with Crippen LogP contribution in [0.3, 0.4) is 0 Å². The second-order valence-electron chi connectivity index (χ2n) is 8.17. The highest BCUT2D eigenvalue weighted by Gasteiger charge is 2.42. The predicted octanol–water partition coefficient (Wildman–Crippen LogP) is 3.95. The third-order valence-electron chi connectivity index (χ3n) is 6.45. The molecule has 2 saturated carbocycles. The molecule has 2 aliphatic carbocycles. The van der Waals surface area contributed by atoms with Crippen molar-refractivity contribution in [2.24, 2.45) is 17.8 Å². The number of amides is 1. The minimum Gasteiger partial charge on any atom is -0.496 e. The molecule has 0 saturated heterocycles. The normalized spacial score (nSPS) is 24.1. The van der Waals surface area contributed by atoms with Crippen LogP contribution in [0.4, 0.5) is 0 Å². The second kappa shape index (κ2) is 7.82. The fraction of sp³-hybridized carbons (Fsp3) is 0.478. The molecule has 2 bridgehead atoms. The lowest BCUT2D eigenvalue weighted by Gasteiger charge is -2.28. The van der Waals surface area contributed by atoms with Gasteiger partial charge in [-0.3, -0.25) is 4.79 Å². The van der Waals surface area contributed by atoms with E-state index in [4.69, 9.17) is 9.47 Å². The number of nitrogens with one attached hydrogen (secondary N) is 1. The lowest BCUT2D eigenvalue weighted by Crippen LogP contribution is -2.42. The third kappa shape index (κ3) is 3.71. The van der Waals surface area contributed by atoms with Crippen LogP contribution in [-0.2, 0) is 9.53 Å². The molecule has 0 unspecified atom stereocenters. The molecular weight excluding hydrogens is 354 g/mol. The quantitative estimate of drug-likeness (QED) is 0.770. The number of carbonyl (C=O) groups excluding carboxylic acids is 2. The zero-order valence-corrected chi connectivity index (χ0v) is 16.4. The minimum absolute atomic E-state index is 0.122. The maximum Gasteiger partial charge on any atom is 0.342 e. The number of benzene rings is 2. The summed E-state index contributed by atoms with van der Waals surface area (Å²) in [5.74, 6) is 1.78. The molecule has 0 aromatic heterocycles. The number of methoxy groups -OCH3 is 1. The number of carbonyl (C=O) groups is 2. The van der Waals surface area contributed by atoms with Gasteiger partial charge in [-0.1, -0.05) is 30.7 Å². The van der Waals surface area contributed by atoms with E-state index in [1.165, 1.54) is 32.8 Å². The average molecular weight is 381 g/mol. The molecule has 5 heteroatoms. The minimum atomic E-state index is -0.551. The van der Waals surface area contributed by atoms with Crippen molar-refractivity contribution in [3.8, 4) is 5.75 Å². The van der Waals surface area contributed by atoms with Crippen molar-refractivity contribution in [1.29, 1.82) is 0 Å². The Labute approximate surface area is 165 Å². The molecule has 2 fully saturated rings. The highest BCUT2D eigenvalue weighted by atomic mass is 16.5. The van der Waals surface area contributed by atoms with Gasteiger partial charge in [0.1, 0.15) is 11.3 Å². The Morgan fingerprint density at radius 2 is 1.89 bits per heavy atom. The molecule has 4 rings (SSSR count). The van der Waals surface area contributed by atoms with E-state index < -0.39 is 5.97 Å². The standard InChI is InChI=1S/C23H27NO4/c1-14(19-10-15-7-8-18(19)9-15)24-22(25)13-28-23(26)20-11-16-5-3-4-6-17(16)12-21(20)27-2/h3-6,11-12,14-15,18-19H,7-10,13H2,1-2H3,(H,24,25)/t14-,15-,18-,19-/m0/s1.